The summed E-state index contributed by atoms with van der Waals surface area (Å²) in [5.41, 5.74) is -0.711. The molecule has 1 saturated carbocycles. The molecule has 1 atom stereocenters. The van der Waals surface area contributed by atoms with E-state index in [2.05, 4.69) is 12.2 Å². The number of hydrogen-bond donors (Lipinski definition) is 1. The van der Waals surface area contributed by atoms with Gasteiger partial charge in [-0.1, -0.05) is 6.92 Å². The highest BCUT2D eigenvalue weighted by Crippen LogP contribution is 2.41. The van der Waals surface area contributed by atoms with E-state index in [1.165, 1.54) is 13.4 Å². The van der Waals surface area contributed by atoms with E-state index in [0.29, 0.717) is 13.1 Å². The van der Waals surface area contributed by atoms with Gasteiger partial charge in [0.25, 0.3) is 0 Å². The lowest BCUT2D eigenvalue weighted by molar-refractivity contribution is -0.150. The maximum atomic E-state index is 12.3. The van der Waals surface area contributed by atoms with Gasteiger partial charge in [-0.2, -0.15) is 0 Å². The van der Waals surface area contributed by atoms with E-state index in [0.717, 1.165) is 25.8 Å². The average molecular weight is 320 g/mol. The second-order valence-electron chi connectivity index (χ2n) is 6.03. The second-order valence-corrected chi connectivity index (χ2v) is 8.29. The molecule has 1 N–H and O–H groups in total. The molecule has 21 heavy (non-hydrogen) atoms. The monoisotopic (exact) mass is 320 g/mol. The highest BCUT2D eigenvalue weighted by Gasteiger charge is 2.52. The molecule has 0 radical (unpaired) electrons. The summed E-state index contributed by atoms with van der Waals surface area (Å²) in [4.78, 5) is 14.2. The van der Waals surface area contributed by atoms with Crippen LogP contribution in [0.15, 0.2) is 0 Å². The summed E-state index contributed by atoms with van der Waals surface area (Å²) in [5.74, 6) is 0.126. The zero-order valence-electron chi connectivity index (χ0n) is 13.5. The highest BCUT2D eigenvalue weighted by molar-refractivity contribution is 7.90. The number of ether oxygens (including phenoxy) is 1. The number of carbonyl (C=O) groups excluding carboxylic acids is 1. The van der Waals surface area contributed by atoms with Crippen LogP contribution < -0.4 is 5.32 Å². The summed E-state index contributed by atoms with van der Waals surface area (Å²) in [6.07, 6.45) is 4.17. The third kappa shape index (κ3) is 5.56. The standard InChI is InChI=1S/C14H28N2O4S/c1-5-8-15-14(12-6-7-12,13(17)20-3)11-16(2)9-10-21(4,18)19/h12,15H,5-11H2,1-4H3. The minimum absolute atomic E-state index is 0.0964. The lowest BCUT2D eigenvalue weighted by atomic mass is 9.92. The summed E-state index contributed by atoms with van der Waals surface area (Å²) in [6.45, 7) is 3.68. The van der Waals surface area contributed by atoms with Crippen molar-refractivity contribution in [1.29, 1.82) is 0 Å². The fourth-order valence-electron chi connectivity index (χ4n) is 2.57. The molecule has 6 nitrogen and oxygen atoms in total. The number of esters is 1. The second kappa shape index (κ2) is 7.56. The van der Waals surface area contributed by atoms with E-state index in [-0.39, 0.29) is 17.6 Å². The molecule has 0 aromatic carbocycles. The molecular weight excluding hydrogens is 292 g/mol. The average Bonchev–Trinajstić information content (AvgIpc) is 3.24. The molecule has 7 heteroatoms. The van der Waals surface area contributed by atoms with E-state index in [1.54, 1.807) is 0 Å². The van der Waals surface area contributed by atoms with Crippen LogP contribution in [0.25, 0.3) is 0 Å². The number of nitrogens with zero attached hydrogens (tertiary/aromatic N) is 1. The van der Waals surface area contributed by atoms with Gasteiger partial charge in [-0.15, -0.1) is 0 Å². The number of hydrogen-bond acceptors (Lipinski definition) is 6. The Morgan fingerprint density at radius 1 is 1.43 bits per heavy atom. The van der Waals surface area contributed by atoms with Crippen molar-refractivity contribution in [1.82, 2.24) is 10.2 Å². The molecule has 0 saturated heterocycles. The fourth-order valence-corrected chi connectivity index (χ4v) is 3.21. The molecular formula is C14H28N2O4S. The van der Waals surface area contributed by atoms with Gasteiger partial charge < -0.3 is 15.0 Å². The zero-order chi connectivity index (χ0) is 16.1. The SMILES string of the molecule is CCCNC(CN(C)CCS(C)(=O)=O)(C(=O)OC)C1CC1. The van der Waals surface area contributed by atoms with Crippen LogP contribution in [0.5, 0.6) is 0 Å². The molecule has 0 heterocycles. The molecule has 1 aliphatic rings. The van der Waals surface area contributed by atoms with Gasteiger partial charge in [-0.25, -0.2) is 13.2 Å². The third-order valence-corrected chi connectivity index (χ3v) is 4.80. The first-order chi connectivity index (χ1) is 9.75. The lowest BCUT2D eigenvalue weighted by Gasteiger charge is -2.36. The molecule has 0 amide bonds. The van der Waals surface area contributed by atoms with Crippen LogP contribution in [0.4, 0.5) is 0 Å². The van der Waals surface area contributed by atoms with E-state index in [9.17, 15) is 13.2 Å². The molecule has 0 spiro atoms. The largest absolute Gasteiger partial charge is 0.468 e. The van der Waals surface area contributed by atoms with Crippen molar-refractivity contribution in [2.45, 2.75) is 31.7 Å². The summed E-state index contributed by atoms with van der Waals surface area (Å²) >= 11 is 0. The number of methoxy groups -OCH3 is 1. The van der Waals surface area contributed by atoms with Crippen LogP contribution in [0, 0.1) is 5.92 Å². The van der Waals surface area contributed by atoms with Gasteiger partial charge in [-0.3, -0.25) is 0 Å². The van der Waals surface area contributed by atoms with Crippen molar-refractivity contribution in [3.05, 3.63) is 0 Å². The predicted molar refractivity (Wildman–Crippen MR) is 83.0 cm³/mol. The number of carbonyl (C=O) groups is 1. The smallest absolute Gasteiger partial charge is 0.327 e. The maximum Gasteiger partial charge on any atom is 0.327 e. The van der Waals surface area contributed by atoms with Gasteiger partial charge in [-0.05, 0) is 38.8 Å². The molecule has 1 unspecified atom stereocenters. The van der Waals surface area contributed by atoms with E-state index in [1.807, 2.05) is 11.9 Å². The number of sulfone groups is 1. The van der Waals surface area contributed by atoms with Crippen LogP contribution in [-0.2, 0) is 19.4 Å². The van der Waals surface area contributed by atoms with Crippen molar-refractivity contribution in [2.24, 2.45) is 5.92 Å². The molecule has 1 rings (SSSR count). The Labute approximate surface area is 128 Å². The predicted octanol–water partition coefficient (Wildman–Crippen LogP) is 0.284. The molecule has 1 fully saturated rings. The Hall–Kier alpha value is -0.660. The summed E-state index contributed by atoms with van der Waals surface area (Å²) in [7, 11) is 0.252. The van der Waals surface area contributed by atoms with Gasteiger partial charge in [0.1, 0.15) is 15.4 Å². The molecule has 0 aliphatic heterocycles. The summed E-state index contributed by atoms with van der Waals surface area (Å²) < 4.78 is 27.6. The first-order valence-corrected chi connectivity index (χ1v) is 9.51. The maximum absolute atomic E-state index is 12.3. The van der Waals surface area contributed by atoms with Crippen LogP contribution in [-0.4, -0.2) is 70.6 Å². The molecule has 0 bridgehead atoms. The Kier molecular flexibility index (Phi) is 6.62. The number of nitrogens with one attached hydrogen (secondary N) is 1. The Bertz CT molecular complexity index is 448. The molecule has 124 valence electrons. The first-order valence-electron chi connectivity index (χ1n) is 7.45. The first kappa shape index (κ1) is 18.4. The zero-order valence-corrected chi connectivity index (χ0v) is 14.3. The van der Waals surface area contributed by atoms with E-state index in [4.69, 9.17) is 4.74 Å². The highest BCUT2D eigenvalue weighted by atomic mass is 32.2. The minimum atomic E-state index is -3.00. The van der Waals surface area contributed by atoms with Crippen molar-refractivity contribution >= 4 is 15.8 Å². The fraction of sp³-hybridized carbons (Fsp3) is 0.929. The van der Waals surface area contributed by atoms with E-state index >= 15 is 0 Å². The minimum Gasteiger partial charge on any atom is -0.468 e. The van der Waals surface area contributed by atoms with Crippen molar-refractivity contribution in [3.8, 4) is 0 Å². The number of rotatable bonds is 10. The molecule has 1 aliphatic carbocycles. The Morgan fingerprint density at radius 2 is 2.05 bits per heavy atom. The van der Waals surface area contributed by atoms with Gasteiger partial charge >= 0.3 is 5.97 Å². The lowest BCUT2D eigenvalue weighted by Crippen LogP contribution is -2.61. The van der Waals surface area contributed by atoms with Crippen LogP contribution >= 0.6 is 0 Å². The van der Waals surface area contributed by atoms with Gasteiger partial charge in [0.2, 0.25) is 0 Å². The van der Waals surface area contributed by atoms with Gasteiger partial charge in [0, 0.05) is 19.3 Å². The van der Waals surface area contributed by atoms with Crippen LogP contribution in [0.2, 0.25) is 0 Å². The summed E-state index contributed by atoms with van der Waals surface area (Å²) in [5, 5.41) is 3.36. The normalized spacial score (nSPS) is 18.5. The van der Waals surface area contributed by atoms with Crippen molar-refractivity contribution < 1.29 is 17.9 Å². The van der Waals surface area contributed by atoms with Crippen LogP contribution in [0.1, 0.15) is 26.2 Å². The molecule has 0 aromatic heterocycles. The van der Waals surface area contributed by atoms with E-state index < -0.39 is 15.4 Å². The van der Waals surface area contributed by atoms with Crippen molar-refractivity contribution in [2.75, 3.05) is 45.8 Å². The topological polar surface area (TPSA) is 75.7 Å². The van der Waals surface area contributed by atoms with Crippen LogP contribution in [0.3, 0.4) is 0 Å². The Morgan fingerprint density at radius 3 is 2.48 bits per heavy atom. The third-order valence-electron chi connectivity index (χ3n) is 3.88. The summed E-state index contributed by atoms with van der Waals surface area (Å²) in [6, 6.07) is 0. The quantitative estimate of drug-likeness (QED) is 0.583. The number of likely N-dealkylation sites (N-methyl/N-ethyl adjacent to an activating group) is 1. The van der Waals surface area contributed by atoms with Crippen molar-refractivity contribution in [3.63, 3.8) is 0 Å². The Balaban J connectivity index is 2.77. The van der Waals surface area contributed by atoms with Gasteiger partial charge in [0.15, 0.2) is 0 Å². The van der Waals surface area contributed by atoms with Gasteiger partial charge in [0.05, 0.1) is 12.9 Å². The molecule has 0 aromatic rings.